The molecule has 0 aromatic carbocycles. The van der Waals surface area contributed by atoms with Gasteiger partial charge in [0.05, 0.1) is 19.3 Å². The zero-order valence-corrected chi connectivity index (χ0v) is 11.8. The second-order valence-corrected chi connectivity index (χ2v) is 6.33. The Balaban J connectivity index is 2.78. The summed E-state index contributed by atoms with van der Waals surface area (Å²) in [6, 6.07) is 0.286. The molecule has 4 atom stereocenters. The number of nitrogens with two attached hydrogens (primary N) is 1. The highest BCUT2D eigenvalue weighted by Gasteiger charge is 2.37. The minimum atomic E-state index is -0.0414. The van der Waals surface area contributed by atoms with E-state index in [-0.39, 0.29) is 30.2 Å². The molecule has 17 heavy (non-hydrogen) atoms. The minimum Gasteiger partial charge on any atom is -0.395 e. The predicted octanol–water partition coefficient (Wildman–Crippen LogP) is 0.830. The number of aliphatic hydroxyl groups is 1. The van der Waals surface area contributed by atoms with Crippen LogP contribution in [0.3, 0.4) is 0 Å². The highest BCUT2D eigenvalue weighted by Crippen LogP contribution is 2.25. The Morgan fingerprint density at radius 2 is 2.00 bits per heavy atom. The van der Waals surface area contributed by atoms with Gasteiger partial charge in [0, 0.05) is 24.7 Å². The number of hydrogen-bond donors (Lipinski definition) is 2. The second-order valence-electron chi connectivity index (χ2n) is 6.33. The van der Waals surface area contributed by atoms with Crippen molar-refractivity contribution < 1.29 is 9.84 Å². The van der Waals surface area contributed by atoms with Crippen molar-refractivity contribution in [2.45, 2.75) is 58.8 Å². The molecule has 0 amide bonds. The van der Waals surface area contributed by atoms with Crippen molar-refractivity contribution in [3.8, 4) is 0 Å². The molecule has 1 aliphatic rings. The number of morpholine rings is 1. The number of aliphatic hydroxyl groups excluding tert-OH is 1. The Morgan fingerprint density at radius 3 is 2.47 bits per heavy atom. The zero-order valence-electron chi connectivity index (χ0n) is 11.8. The van der Waals surface area contributed by atoms with E-state index in [1.165, 1.54) is 0 Å². The topological polar surface area (TPSA) is 58.7 Å². The summed E-state index contributed by atoms with van der Waals surface area (Å²) in [4.78, 5) is 2.30. The Kier molecular flexibility index (Phi) is 4.95. The van der Waals surface area contributed by atoms with Gasteiger partial charge in [0.1, 0.15) is 0 Å². The predicted molar refractivity (Wildman–Crippen MR) is 69.9 cm³/mol. The van der Waals surface area contributed by atoms with Crippen molar-refractivity contribution in [2.24, 2.45) is 11.1 Å². The van der Waals surface area contributed by atoms with Crippen LogP contribution in [0.15, 0.2) is 0 Å². The standard InChI is InChI=1S/C13H28N2O2/c1-9-8-17-10(2)6-15(9)11(7-16)12(14)13(3,4)5/h9-12,16H,6-8,14H2,1-5H3. The summed E-state index contributed by atoms with van der Waals surface area (Å²) in [6.45, 7) is 12.2. The van der Waals surface area contributed by atoms with Crippen LogP contribution in [0, 0.1) is 5.41 Å². The summed E-state index contributed by atoms with van der Waals surface area (Å²) in [5, 5.41) is 9.65. The highest BCUT2D eigenvalue weighted by molar-refractivity contribution is 4.93. The van der Waals surface area contributed by atoms with E-state index < -0.39 is 0 Å². The molecule has 1 saturated heterocycles. The minimum absolute atomic E-state index is 0.00530. The highest BCUT2D eigenvalue weighted by atomic mass is 16.5. The maximum atomic E-state index is 9.65. The summed E-state index contributed by atoms with van der Waals surface area (Å²) < 4.78 is 5.62. The van der Waals surface area contributed by atoms with Gasteiger partial charge in [-0.05, 0) is 19.3 Å². The lowest BCUT2D eigenvalue weighted by Gasteiger charge is -2.46. The van der Waals surface area contributed by atoms with E-state index in [2.05, 4.69) is 39.5 Å². The van der Waals surface area contributed by atoms with E-state index in [1.807, 2.05) is 0 Å². The van der Waals surface area contributed by atoms with Crippen LogP contribution in [-0.4, -0.2) is 54.0 Å². The fourth-order valence-electron chi connectivity index (χ4n) is 2.39. The lowest BCUT2D eigenvalue weighted by atomic mass is 9.82. The number of rotatable bonds is 3. The number of ether oxygens (including phenoxy) is 1. The van der Waals surface area contributed by atoms with Crippen LogP contribution < -0.4 is 5.73 Å². The summed E-state index contributed by atoms with van der Waals surface area (Å²) in [7, 11) is 0. The molecule has 4 heteroatoms. The molecule has 0 saturated carbocycles. The first-order valence-electron chi connectivity index (χ1n) is 6.51. The van der Waals surface area contributed by atoms with Gasteiger partial charge in [-0.25, -0.2) is 0 Å². The van der Waals surface area contributed by atoms with Gasteiger partial charge in [-0.3, -0.25) is 4.90 Å². The quantitative estimate of drug-likeness (QED) is 0.772. The summed E-state index contributed by atoms with van der Waals surface area (Å²) >= 11 is 0. The van der Waals surface area contributed by atoms with Gasteiger partial charge >= 0.3 is 0 Å². The van der Waals surface area contributed by atoms with Gasteiger partial charge < -0.3 is 15.6 Å². The van der Waals surface area contributed by atoms with Gasteiger partial charge in [-0.1, -0.05) is 20.8 Å². The van der Waals surface area contributed by atoms with Crippen LogP contribution in [0.4, 0.5) is 0 Å². The molecule has 0 spiro atoms. The maximum absolute atomic E-state index is 9.65. The lowest BCUT2D eigenvalue weighted by molar-refractivity contribution is -0.0833. The Hall–Kier alpha value is -0.160. The lowest BCUT2D eigenvalue weighted by Crippen LogP contribution is -2.61. The molecule has 4 nitrogen and oxygen atoms in total. The second kappa shape index (κ2) is 5.65. The number of hydrogen-bond acceptors (Lipinski definition) is 4. The molecule has 1 heterocycles. The fourth-order valence-corrected chi connectivity index (χ4v) is 2.39. The van der Waals surface area contributed by atoms with Crippen LogP contribution in [0.1, 0.15) is 34.6 Å². The average molecular weight is 244 g/mol. The van der Waals surface area contributed by atoms with Crippen molar-refractivity contribution in [3.63, 3.8) is 0 Å². The molecule has 102 valence electrons. The zero-order chi connectivity index (χ0) is 13.2. The third kappa shape index (κ3) is 3.65. The van der Waals surface area contributed by atoms with E-state index in [0.29, 0.717) is 12.6 Å². The molecular weight excluding hydrogens is 216 g/mol. The van der Waals surface area contributed by atoms with Gasteiger partial charge in [0.15, 0.2) is 0 Å². The molecule has 0 aromatic rings. The van der Waals surface area contributed by atoms with Crippen molar-refractivity contribution in [3.05, 3.63) is 0 Å². The first kappa shape index (κ1) is 14.9. The normalized spacial score (nSPS) is 31.2. The molecular formula is C13H28N2O2. The van der Waals surface area contributed by atoms with Crippen LogP contribution in [0.5, 0.6) is 0 Å². The van der Waals surface area contributed by atoms with Crippen LogP contribution >= 0.6 is 0 Å². The van der Waals surface area contributed by atoms with Gasteiger partial charge in [-0.2, -0.15) is 0 Å². The van der Waals surface area contributed by atoms with E-state index in [9.17, 15) is 5.11 Å². The van der Waals surface area contributed by atoms with Crippen molar-refractivity contribution in [1.29, 1.82) is 0 Å². The SMILES string of the molecule is CC1CN(C(CO)C(N)C(C)(C)C)C(C)CO1. The van der Waals surface area contributed by atoms with Gasteiger partial charge in [0.2, 0.25) is 0 Å². The van der Waals surface area contributed by atoms with E-state index in [1.54, 1.807) is 0 Å². The monoisotopic (exact) mass is 244 g/mol. The molecule has 1 fully saturated rings. The van der Waals surface area contributed by atoms with Crippen LogP contribution in [-0.2, 0) is 4.74 Å². The maximum Gasteiger partial charge on any atom is 0.0674 e. The Morgan fingerprint density at radius 1 is 1.41 bits per heavy atom. The molecule has 0 bridgehead atoms. The molecule has 4 unspecified atom stereocenters. The fraction of sp³-hybridized carbons (Fsp3) is 1.00. The smallest absolute Gasteiger partial charge is 0.0674 e. The summed E-state index contributed by atoms with van der Waals surface area (Å²) in [5.41, 5.74) is 6.30. The Bertz CT molecular complexity index is 240. The van der Waals surface area contributed by atoms with E-state index in [0.717, 1.165) is 6.54 Å². The first-order chi connectivity index (χ1) is 7.77. The third-order valence-electron chi connectivity index (χ3n) is 3.68. The average Bonchev–Trinajstić information content (AvgIpc) is 2.22. The van der Waals surface area contributed by atoms with E-state index in [4.69, 9.17) is 10.5 Å². The third-order valence-corrected chi connectivity index (χ3v) is 3.68. The van der Waals surface area contributed by atoms with Gasteiger partial charge in [-0.15, -0.1) is 0 Å². The van der Waals surface area contributed by atoms with Crippen molar-refractivity contribution in [1.82, 2.24) is 4.90 Å². The van der Waals surface area contributed by atoms with Crippen molar-refractivity contribution >= 4 is 0 Å². The van der Waals surface area contributed by atoms with E-state index >= 15 is 0 Å². The molecule has 0 aromatic heterocycles. The molecule has 3 N–H and O–H groups in total. The first-order valence-corrected chi connectivity index (χ1v) is 6.51. The van der Waals surface area contributed by atoms with Crippen LogP contribution in [0.2, 0.25) is 0 Å². The van der Waals surface area contributed by atoms with Crippen LogP contribution in [0.25, 0.3) is 0 Å². The van der Waals surface area contributed by atoms with Gasteiger partial charge in [0.25, 0.3) is 0 Å². The number of nitrogens with zero attached hydrogens (tertiary/aromatic N) is 1. The molecule has 1 rings (SSSR count). The summed E-state index contributed by atoms with van der Waals surface area (Å²) in [5.74, 6) is 0. The molecule has 0 aliphatic carbocycles. The van der Waals surface area contributed by atoms with Crippen molar-refractivity contribution in [2.75, 3.05) is 19.8 Å². The Labute approximate surface area is 105 Å². The molecule has 0 radical (unpaired) electrons. The summed E-state index contributed by atoms with van der Waals surface area (Å²) in [6.07, 6.45) is 0.215. The largest absolute Gasteiger partial charge is 0.395 e. The molecule has 1 aliphatic heterocycles.